The van der Waals surface area contributed by atoms with Crippen LogP contribution < -0.4 is 0 Å². The van der Waals surface area contributed by atoms with Crippen LogP contribution in [0.25, 0.3) is 33.8 Å². The molecular weight excluding hydrogens is 455 g/mol. The van der Waals surface area contributed by atoms with Gasteiger partial charge in [-0.3, -0.25) is 4.98 Å². The third-order valence-electron chi connectivity index (χ3n) is 4.87. The summed E-state index contributed by atoms with van der Waals surface area (Å²) in [6.45, 7) is 1.77. The van der Waals surface area contributed by atoms with E-state index >= 15 is 0 Å². The maximum Gasteiger partial charge on any atom is 0.433 e. The van der Waals surface area contributed by atoms with Crippen molar-refractivity contribution in [1.29, 1.82) is 0 Å². The molecule has 0 saturated carbocycles. The van der Waals surface area contributed by atoms with Crippen LogP contribution in [0.4, 0.5) is 13.2 Å². The minimum atomic E-state index is -4.67. The number of aryl methyl sites for hydroxylation is 1. The molecule has 2 heterocycles. The molecule has 166 valence electrons. The second-order valence-electron chi connectivity index (χ2n) is 7.23. The predicted octanol–water partition coefficient (Wildman–Crippen LogP) is 6.55. The zero-order chi connectivity index (χ0) is 23.8. The van der Waals surface area contributed by atoms with Crippen LogP contribution in [0.2, 0.25) is 5.02 Å². The molecule has 0 aliphatic carbocycles. The quantitative estimate of drug-likeness (QED) is 0.366. The lowest BCUT2D eigenvalue weighted by atomic mass is 10.0. The fourth-order valence-electron chi connectivity index (χ4n) is 3.20. The smallest absolute Gasteiger partial charge is 0.433 e. The lowest BCUT2D eigenvalue weighted by Gasteiger charge is -2.12. The summed E-state index contributed by atoms with van der Waals surface area (Å²) in [5.74, 6) is -1.23. The Hall–Kier alpha value is -3.78. The first-order valence-electron chi connectivity index (χ1n) is 9.65. The molecule has 0 aliphatic heterocycles. The van der Waals surface area contributed by atoms with Gasteiger partial charge in [0.2, 0.25) is 0 Å². The van der Waals surface area contributed by atoms with Gasteiger partial charge in [0.1, 0.15) is 5.69 Å². The number of aromatic nitrogens is 3. The number of nitrogens with zero attached hydrogens (tertiary/aromatic N) is 3. The molecule has 5 nitrogen and oxygen atoms in total. The van der Waals surface area contributed by atoms with Crippen molar-refractivity contribution in [2.45, 2.75) is 13.1 Å². The van der Waals surface area contributed by atoms with Crippen LogP contribution in [-0.4, -0.2) is 26.0 Å². The van der Waals surface area contributed by atoms with Gasteiger partial charge in [-0.2, -0.15) is 13.2 Å². The van der Waals surface area contributed by atoms with Crippen LogP contribution in [0, 0.1) is 6.92 Å². The zero-order valence-corrected chi connectivity index (χ0v) is 17.8. The van der Waals surface area contributed by atoms with Gasteiger partial charge in [0, 0.05) is 33.6 Å². The van der Waals surface area contributed by atoms with E-state index in [2.05, 4.69) is 15.0 Å². The van der Waals surface area contributed by atoms with Crippen molar-refractivity contribution in [3.05, 3.63) is 88.8 Å². The summed E-state index contributed by atoms with van der Waals surface area (Å²) in [5, 5.41) is 9.32. The third kappa shape index (κ3) is 4.85. The van der Waals surface area contributed by atoms with E-state index in [9.17, 15) is 18.0 Å². The Morgan fingerprint density at radius 1 is 0.939 bits per heavy atom. The number of alkyl halides is 3. The van der Waals surface area contributed by atoms with E-state index in [4.69, 9.17) is 16.7 Å². The summed E-state index contributed by atoms with van der Waals surface area (Å²) in [6, 6.07) is 15.0. The molecule has 0 atom stereocenters. The Morgan fingerprint density at radius 3 is 2.33 bits per heavy atom. The zero-order valence-electron chi connectivity index (χ0n) is 17.1. The van der Waals surface area contributed by atoms with Gasteiger partial charge in [-0.15, -0.1) is 0 Å². The molecule has 0 bridgehead atoms. The maximum atomic E-state index is 13.6. The number of carboxylic acids is 1. The van der Waals surface area contributed by atoms with Crippen LogP contribution in [0.15, 0.2) is 66.9 Å². The molecule has 0 aliphatic rings. The Labute approximate surface area is 191 Å². The summed E-state index contributed by atoms with van der Waals surface area (Å²) in [7, 11) is 0. The second kappa shape index (κ2) is 8.63. The Balaban J connectivity index is 1.83. The van der Waals surface area contributed by atoms with E-state index in [1.807, 2.05) is 0 Å². The first-order chi connectivity index (χ1) is 15.6. The fourth-order valence-corrected chi connectivity index (χ4v) is 3.49. The van der Waals surface area contributed by atoms with Crippen molar-refractivity contribution in [2.75, 3.05) is 0 Å². The highest BCUT2D eigenvalue weighted by Gasteiger charge is 2.34. The number of carbonyl (C=O) groups is 1. The van der Waals surface area contributed by atoms with Gasteiger partial charge in [0.25, 0.3) is 0 Å². The lowest BCUT2D eigenvalue weighted by Crippen LogP contribution is -2.10. The normalized spacial score (nSPS) is 11.4. The highest BCUT2D eigenvalue weighted by molar-refractivity contribution is 6.33. The van der Waals surface area contributed by atoms with Gasteiger partial charge in [-0.25, -0.2) is 14.8 Å². The SMILES string of the molecule is Cc1ccc(-c2cc(C(F)(F)F)nc(-c3cccc(-c4ccc(C(=O)O)cc4Cl)c3)n2)cn1. The van der Waals surface area contributed by atoms with Gasteiger partial charge in [0.05, 0.1) is 11.3 Å². The molecule has 4 aromatic rings. The number of aromatic carboxylic acids is 1. The highest BCUT2D eigenvalue weighted by atomic mass is 35.5. The topological polar surface area (TPSA) is 76.0 Å². The molecule has 2 aromatic heterocycles. The van der Waals surface area contributed by atoms with Crippen molar-refractivity contribution in [1.82, 2.24) is 15.0 Å². The van der Waals surface area contributed by atoms with Crippen LogP contribution in [0.1, 0.15) is 21.7 Å². The molecule has 1 N–H and O–H groups in total. The molecule has 4 rings (SSSR count). The molecule has 0 amide bonds. The molecule has 0 fully saturated rings. The summed E-state index contributed by atoms with van der Waals surface area (Å²) < 4.78 is 40.7. The van der Waals surface area contributed by atoms with Crippen LogP contribution in [0.3, 0.4) is 0 Å². The van der Waals surface area contributed by atoms with Gasteiger partial charge >= 0.3 is 12.1 Å². The fraction of sp³-hybridized carbons (Fsp3) is 0.0833. The first kappa shape index (κ1) is 22.4. The molecular formula is C24H15ClF3N3O2. The molecule has 0 spiro atoms. The number of hydrogen-bond acceptors (Lipinski definition) is 4. The Morgan fingerprint density at radius 2 is 1.70 bits per heavy atom. The van der Waals surface area contributed by atoms with Crippen molar-refractivity contribution < 1.29 is 23.1 Å². The highest BCUT2D eigenvalue weighted by Crippen LogP contribution is 2.34. The summed E-state index contributed by atoms with van der Waals surface area (Å²) >= 11 is 6.26. The van der Waals surface area contributed by atoms with Crippen molar-refractivity contribution in [3.8, 4) is 33.8 Å². The average Bonchev–Trinajstić information content (AvgIpc) is 2.78. The molecule has 0 saturated heterocycles. The number of benzene rings is 2. The first-order valence-corrected chi connectivity index (χ1v) is 10.0. The summed E-state index contributed by atoms with van der Waals surface area (Å²) in [4.78, 5) is 23.4. The molecule has 9 heteroatoms. The van der Waals surface area contributed by atoms with Crippen LogP contribution in [-0.2, 0) is 6.18 Å². The second-order valence-corrected chi connectivity index (χ2v) is 7.64. The molecule has 0 radical (unpaired) electrons. The van der Waals surface area contributed by atoms with Crippen molar-refractivity contribution >= 4 is 17.6 Å². The van der Waals surface area contributed by atoms with Gasteiger partial charge < -0.3 is 5.11 Å². The Bertz CT molecular complexity index is 1360. The van der Waals surface area contributed by atoms with E-state index < -0.39 is 17.8 Å². The minimum Gasteiger partial charge on any atom is -0.478 e. The van der Waals surface area contributed by atoms with Gasteiger partial charge in [-0.05, 0) is 48.9 Å². The number of hydrogen-bond donors (Lipinski definition) is 1. The van der Waals surface area contributed by atoms with Gasteiger partial charge in [-0.1, -0.05) is 35.9 Å². The standard InChI is InChI=1S/C24H15ClF3N3O2/c1-13-5-6-17(12-29-13)20-11-21(24(26,27)28)31-22(30-20)15-4-2-3-14(9-15)18-8-7-16(23(32)33)10-19(18)25/h2-12H,1H3,(H,32,33). The van der Waals surface area contributed by atoms with E-state index in [1.54, 1.807) is 49.4 Å². The minimum absolute atomic E-state index is 0.0254. The van der Waals surface area contributed by atoms with Gasteiger partial charge in [0.15, 0.2) is 5.82 Å². The number of carboxylic acid groups (broad SMARTS) is 1. The third-order valence-corrected chi connectivity index (χ3v) is 5.18. The van der Waals surface area contributed by atoms with Crippen molar-refractivity contribution in [2.24, 2.45) is 0 Å². The maximum absolute atomic E-state index is 13.6. The summed E-state index contributed by atoms with van der Waals surface area (Å²) in [5.41, 5.74) is 1.65. The predicted molar refractivity (Wildman–Crippen MR) is 118 cm³/mol. The largest absolute Gasteiger partial charge is 0.478 e. The van der Waals surface area contributed by atoms with Crippen LogP contribution in [0.5, 0.6) is 0 Å². The van der Waals surface area contributed by atoms with E-state index in [0.717, 1.165) is 11.8 Å². The number of halogens is 4. The lowest BCUT2D eigenvalue weighted by molar-refractivity contribution is -0.141. The Kier molecular flexibility index (Phi) is 5.86. The number of pyridine rings is 1. The van der Waals surface area contributed by atoms with Crippen molar-refractivity contribution in [3.63, 3.8) is 0 Å². The number of rotatable bonds is 4. The van der Waals surface area contributed by atoms with E-state index in [-0.39, 0.29) is 22.1 Å². The molecule has 2 aromatic carbocycles. The summed E-state index contributed by atoms with van der Waals surface area (Å²) in [6.07, 6.45) is -3.21. The van der Waals surface area contributed by atoms with Crippen LogP contribution >= 0.6 is 11.6 Å². The molecule has 33 heavy (non-hydrogen) atoms. The monoisotopic (exact) mass is 469 g/mol. The average molecular weight is 470 g/mol. The van der Waals surface area contributed by atoms with E-state index in [1.165, 1.54) is 18.3 Å². The molecule has 0 unspecified atom stereocenters. The van der Waals surface area contributed by atoms with E-state index in [0.29, 0.717) is 22.3 Å².